The molecule has 162 valence electrons. The molecule has 0 aliphatic heterocycles. The van der Waals surface area contributed by atoms with Crippen LogP contribution in [-0.4, -0.2) is 31.0 Å². The van der Waals surface area contributed by atoms with Crippen LogP contribution in [0.3, 0.4) is 0 Å². The molecule has 0 atom stereocenters. The highest BCUT2D eigenvalue weighted by molar-refractivity contribution is 7.18. The largest absolute Gasteiger partial charge is 0.459 e. The van der Waals surface area contributed by atoms with Gasteiger partial charge in [0, 0.05) is 5.69 Å². The predicted octanol–water partition coefficient (Wildman–Crippen LogP) is 4.64. The molecule has 8 nitrogen and oxygen atoms in total. The van der Waals surface area contributed by atoms with E-state index in [0.717, 1.165) is 11.3 Å². The second-order valence-corrected chi connectivity index (χ2v) is 7.23. The number of anilines is 2. The molecule has 3 aromatic rings. The molecule has 0 radical (unpaired) electrons. The number of rotatable bonds is 8. The number of thiophene rings is 1. The highest BCUT2D eigenvalue weighted by Gasteiger charge is 2.16. The average molecular weight is 471 g/mol. The molecule has 0 bridgehead atoms. The third kappa shape index (κ3) is 6.27. The van der Waals surface area contributed by atoms with Crippen LogP contribution in [0.25, 0.3) is 0 Å². The molecule has 0 aliphatic carbocycles. The number of amides is 2. The van der Waals surface area contributed by atoms with Crippen molar-refractivity contribution in [2.24, 2.45) is 0 Å². The Hall–Kier alpha value is -3.44. The number of furan rings is 1. The van der Waals surface area contributed by atoms with Gasteiger partial charge in [-0.05, 0) is 42.5 Å². The maximum absolute atomic E-state index is 12.2. The van der Waals surface area contributed by atoms with Crippen molar-refractivity contribution in [2.75, 3.05) is 17.2 Å². The summed E-state index contributed by atoms with van der Waals surface area (Å²) in [5, 5.41) is 5.24. The van der Waals surface area contributed by atoms with Gasteiger partial charge < -0.3 is 24.5 Å². The van der Waals surface area contributed by atoms with Crippen molar-refractivity contribution in [3.05, 3.63) is 64.4 Å². The first-order chi connectivity index (χ1) is 14.8. The molecule has 0 saturated heterocycles. The SMILES string of the molecule is O=C(COC(=O)c1ccc(NC(=O)c2ccco2)s1)Nc1ccc(OC(F)F)c(Cl)c1. The maximum atomic E-state index is 12.2. The van der Waals surface area contributed by atoms with E-state index in [2.05, 4.69) is 15.4 Å². The van der Waals surface area contributed by atoms with Crippen molar-refractivity contribution in [3.63, 3.8) is 0 Å². The van der Waals surface area contributed by atoms with Gasteiger partial charge in [0.1, 0.15) is 10.6 Å². The second kappa shape index (κ2) is 10.0. The van der Waals surface area contributed by atoms with Gasteiger partial charge in [-0.15, -0.1) is 11.3 Å². The van der Waals surface area contributed by atoms with Crippen molar-refractivity contribution >= 4 is 51.4 Å². The van der Waals surface area contributed by atoms with Crippen LogP contribution in [0, 0.1) is 0 Å². The molecule has 0 unspecified atom stereocenters. The van der Waals surface area contributed by atoms with E-state index in [1.807, 2.05) is 0 Å². The lowest BCUT2D eigenvalue weighted by molar-refractivity contribution is -0.119. The summed E-state index contributed by atoms with van der Waals surface area (Å²) in [6, 6.07) is 9.68. The smallest absolute Gasteiger partial charge is 0.387 e. The maximum Gasteiger partial charge on any atom is 0.387 e. The highest BCUT2D eigenvalue weighted by atomic mass is 35.5. The fourth-order valence-corrected chi connectivity index (χ4v) is 3.29. The normalized spacial score (nSPS) is 10.6. The third-order valence-corrected chi connectivity index (χ3v) is 4.83. The molecule has 31 heavy (non-hydrogen) atoms. The van der Waals surface area contributed by atoms with Gasteiger partial charge in [-0.1, -0.05) is 11.6 Å². The number of ether oxygens (including phenoxy) is 2. The lowest BCUT2D eigenvalue weighted by atomic mass is 10.3. The zero-order chi connectivity index (χ0) is 22.4. The van der Waals surface area contributed by atoms with E-state index >= 15 is 0 Å². The van der Waals surface area contributed by atoms with Gasteiger partial charge in [0.25, 0.3) is 11.8 Å². The second-order valence-electron chi connectivity index (χ2n) is 5.74. The number of carbonyl (C=O) groups is 3. The minimum absolute atomic E-state index is 0.114. The van der Waals surface area contributed by atoms with Crippen LogP contribution < -0.4 is 15.4 Å². The molecule has 2 N–H and O–H groups in total. The molecule has 3 rings (SSSR count). The summed E-state index contributed by atoms with van der Waals surface area (Å²) in [6.07, 6.45) is 1.36. The summed E-state index contributed by atoms with van der Waals surface area (Å²) < 4.78 is 38.6. The Labute approximate surface area is 182 Å². The zero-order valence-electron chi connectivity index (χ0n) is 15.4. The van der Waals surface area contributed by atoms with Crippen LogP contribution in [0.4, 0.5) is 19.5 Å². The van der Waals surface area contributed by atoms with Crippen LogP contribution in [0.2, 0.25) is 5.02 Å². The molecule has 2 aromatic heterocycles. The van der Waals surface area contributed by atoms with E-state index in [-0.39, 0.29) is 27.1 Å². The Balaban J connectivity index is 1.49. The molecule has 0 saturated carbocycles. The number of esters is 1. The van der Waals surface area contributed by atoms with Crippen LogP contribution in [0.1, 0.15) is 20.2 Å². The van der Waals surface area contributed by atoms with Crippen molar-refractivity contribution in [3.8, 4) is 5.75 Å². The summed E-state index contributed by atoms with van der Waals surface area (Å²) in [4.78, 5) is 36.1. The molecule has 1 aromatic carbocycles. The van der Waals surface area contributed by atoms with Gasteiger partial charge in [-0.25, -0.2) is 4.79 Å². The summed E-state index contributed by atoms with van der Waals surface area (Å²) in [7, 11) is 0. The van der Waals surface area contributed by atoms with E-state index in [0.29, 0.717) is 5.00 Å². The Morgan fingerprint density at radius 2 is 1.94 bits per heavy atom. The summed E-state index contributed by atoms with van der Waals surface area (Å²) in [5.74, 6) is -2.04. The van der Waals surface area contributed by atoms with Crippen molar-refractivity contribution in [1.29, 1.82) is 0 Å². The van der Waals surface area contributed by atoms with Gasteiger partial charge in [-0.3, -0.25) is 9.59 Å². The van der Waals surface area contributed by atoms with Crippen molar-refractivity contribution < 1.29 is 37.1 Å². The molecule has 12 heteroatoms. The molecule has 0 spiro atoms. The fourth-order valence-electron chi connectivity index (χ4n) is 2.27. The van der Waals surface area contributed by atoms with Crippen molar-refractivity contribution in [1.82, 2.24) is 0 Å². The van der Waals surface area contributed by atoms with E-state index in [1.165, 1.54) is 42.7 Å². The number of carbonyl (C=O) groups excluding carboxylic acids is 3. The van der Waals surface area contributed by atoms with Crippen LogP contribution in [0.5, 0.6) is 5.75 Å². The number of hydrogen-bond acceptors (Lipinski definition) is 7. The Kier molecular flexibility index (Phi) is 7.21. The lowest BCUT2D eigenvalue weighted by Gasteiger charge is -2.09. The fraction of sp³-hybridized carbons (Fsp3) is 0.105. The van der Waals surface area contributed by atoms with Gasteiger partial charge in [-0.2, -0.15) is 8.78 Å². The lowest BCUT2D eigenvalue weighted by Crippen LogP contribution is -2.20. The molecular formula is C19H13ClF2N2O6S. The Bertz CT molecular complexity index is 1090. The van der Waals surface area contributed by atoms with Gasteiger partial charge >= 0.3 is 12.6 Å². The van der Waals surface area contributed by atoms with Gasteiger partial charge in [0.05, 0.1) is 16.3 Å². The number of benzene rings is 1. The first-order valence-electron chi connectivity index (χ1n) is 8.48. The monoisotopic (exact) mass is 470 g/mol. The average Bonchev–Trinajstić information content (AvgIpc) is 3.40. The first-order valence-corrected chi connectivity index (χ1v) is 9.67. The molecule has 0 fully saturated rings. The van der Waals surface area contributed by atoms with Crippen LogP contribution >= 0.6 is 22.9 Å². The third-order valence-electron chi connectivity index (χ3n) is 3.55. The highest BCUT2D eigenvalue weighted by Crippen LogP contribution is 2.29. The molecular weight excluding hydrogens is 458 g/mol. The molecule has 2 heterocycles. The first kappa shape index (κ1) is 22.2. The Morgan fingerprint density at radius 1 is 1.13 bits per heavy atom. The van der Waals surface area contributed by atoms with E-state index in [4.69, 9.17) is 20.8 Å². The van der Waals surface area contributed by atoms with E-state index in [1.54, 1.807) is 6.07 Å². The minimum atomic E-state index is -3.03. The minimum Gasteiger partial charge on any atom is -0.459 e. The summed E-state index contributed by atoms with van der Waals surface area (Å²) in [6.45, 7) is -3.63. The summed E-state index contributed by atoms with van der Waals surface area (Å²) >= 11 is 6.76. The number of halogens is 3. The van der Waals surface area contributed by atoms with Crippen molar-refractivity contribution in [2.45, 2.75) is 6.61 Å². The quantitative estimate of drug-likeness (QED) is 0.464. The zero-order valence-corrected chi connectivity index (χ0v) is 17.0. The molecule has 2 amide bonds. The number of alkyl halides is 2. The number of hydrogen-bond donors (Lipinski definition) is 2. The predicted molar refractivity (Wildman–Crippen MR) is 108 cm³/mol. The standard InChI is InChI=1S/C19H13ClF2N2O6S/c20-11-8-10(3-4-12(11)30-19(21)22)23-15(25)9-29-18(27)14-5-6-16(31-14)24-17(26)13-2-1-7-28-13/h1-8,19H,9H2,(H,23,25)(H,24,26). The van der Waals surface area contributed by atoms with Crippen LogP contribution in [0.15, 0.2) is 53.1 Å². The van der Waals surface area contributed by atoms with Gasteiger partial charge in [0.15, 0.2) is 12.4 Å². The topological polar surface area (TPSA) is 107 Å². The summed E-state index contributed by atoms with van der Waals surface area (Å²) in [5.41, 5.74) is 0.201. The van der Waals surface area contributed by atoms with Crippen LogP contribution in [-0.2, 0) is 9.53 Å². The van der Waals surface area contributed by atoms with E-state index in [9.17, 15) is 23.2 Å². The molecule has 0 aliphatic rings. The number of nitrogens with one attached hydrogen (secondary N) is 2. The van der Waals surface area contributed by atoms with E-state index < -0.39 is 31.0 Å². The van der Waals surface area contributed by atoms with Gasteiger partial charge in [0.2, 0.25) is 0 Å². The Morgan fingerprint density at radius 3 is 2.61 bits per heavy atom.